The van der Waals surface area contributed by atoms with E-state index in [1.54, 1.807) is 17.9 Å². The largest absolute Gasteiger partial charge is 0.466 e. The van der Waals surface area contributed by atoms with Crippen molar-refractivity contribution in [1.29, 1.82) is 0 Å². The molecule has 2 heterocycles. The molecule has 1 atom stereocenters. The van der Waals surface area contributed by atoms with Gasteiger partial charge < -0.3 is 14.6 Å². The minimum atomic E-state index is -0.401. The van der Waals surface area contributed by atoms with E-state index >= 15 is 0 Å². The van der Waals surface area contributed by atoms with E-state index in [4.69, 9.17) is 4.42 Å². The highest BCUT2D eigenvalue weighted by atomic mass is 16.3. The highest BCUT2D eigenvalue weighted by Gasteiger charge is 2.33. The number of piperidine rings is 1. The number of aryl methyl sites for hydroxylation is 2. The summed E-state index contributed by atoms with van der Waals surface area (Å²) in [6, 6.07) is 11.4. The van der Waals surface area contributed by atoms with Crippen LogP contribution < -0.4 is 5.32 Å². The molecule has 1 aromatic carbocycles. The van der Waals surface area contributed by atoms with Crippen LogP contribution in [0.5, 0.6) is 0 Å². The molecule has 5 heteroatoms. The number of rotatable bonds is 5. The summed E-state index contributed by atoms with van der Waals surface area (Å²) in [5, 5.41) is 3.00. The number of benzene rings is 1. The molecule has 2 amide bonds. The van der Waals surface area contributed by atoms with Crippen LogP contribution in [0.25, 0.3) is 0 Å². The van der Waals surface area contributed by atoms with Crippen molar-refractivity contribution >= 4 is 11.8 Å². The fourth-order valence-corrected chi connectivity index (χ4v) is 3.54. The molecule has 1 saturated heterocycles. The van der Waals surface area contributed by atoms with Crippen LogP contribution >= 0.6 is 0 Å². The molecule has 0 spiro atoms. The molecule has 0 radical (unpaired) electrons. The summed E-state index contributed by atoms with van der Waals surface area (Å²) >= 11 is 0. The average molecular weight is 354 g/mol. The molecule has 0 unspecified atom stereocenters. The van der Waals surface area contributed by atoms with E-state index in [0.29, 0.717) is 36.6 Å². The van der Waals surface area contributed by atoms with Gasteiger partial charge in [0.2, 0.25) is 5.91 Å². The third-order valence-corrected chi connectivity index (χ3v) is 4.89. The van der Waals surface area contributed by atoms with Gasteiger partial charge in [0.15, 0.2) is 0 Å². The second kappa shape index (κ2) is 8.21. The summed E-state index contributed by atoms with van der Waals surface area (Å²) in [4.78, 5) is 27.3. The predicted molar refractivity (Wildman–Crippen MR) is 100 cm³/mol. The Labute approximate surface area is 154 Å². The first-order valence-electron chi connectivity index (χ1n) is 9.26. The van der Waals surface area contributed by atoms with Gasteiger partial charge in [0.25, 0.3) is 5.91 Å². The highest BCUT2D eigenvalue weighted by Crippen LogP contribution is 2.23. The van der Waals surface area contributed by atoms with Gasteiger partial charge in [0, 0.05) is 13.1 Å². The van der Waals surface area contributed by atoms with Crippen LogP contribution in [-0.2, 0) is 11.2 Å². The third kappa shape index (κ3) is 4.15. The number of amides is 2. The molecule has 1 aliphatic rings. The summed E-state index contributed by atoms with van der Waals surface area (Å²) in [6.07, 6.45) is 3.38. The van der Waals surface area contributed by atoms with Gasteiger partial charge in [-0.3, -0.25) is 9.59 Å². The lowest BCUT2D eigenvalue weighted by atomic mass is 10.00. The lowest BCUT2D eigenvalue weighted by Crippen LogP contribution is -2.52. The molecule has 2 aromatic rings. The van der Waals surface area contributed by atoms with Crippen LogP contribution in [-0.4, -0.2) is 35.8 Å². The van der Waals surface area contributed by atoms with Crippen LogP contribution in [0.15, 0.2) is 40.8 Å². The zero-order valence-corrected chi connectivity index (χ0v) is 15.5. The molecule has 1 N–H and O–H groups in total. The number of nitrogens with one attached hydrogen (secondary N) is 1. The van der Waals surface area contributed by atoms with Crippen molar-refractivity contribution in [2.45, 2.75) is 45.6 Å². The maximum absolute atomic E-state index is 12.9. The van der Waals surface area contributed by atoms with Gasteiger partial charge in [-0.2, -0.15) is 0 Å². The van der Waals surface area contributed by atoms with Gasteiger partial charge in [-0.05, 0) is 51.2 Å². The highest BCUT2D eigenvalue weighted by molar-refractivity contribution is 5.98. The van der Waals surface area contributed by atoms with Gasteiger partial charge in [0.05, 0.1) is 5.56 Å². The Morgan fingerprint density at radius 1 is 1.19 bits per heavy atom. The van der Waals surface area contributed by atoms with Crippen molar-refractivity contribution < 1.29 is 14.0 Å². The Kier molecular flexibility index (Phi) is 5.76. The summed E-state index contributed by atoms with van der Waals surface area (Å²) < 4.78 is 5.49. The summed E-state index contributed by atoms with van der Waals surface area (Å²) in [6.45, 7) is 4.80. The molecule has 0 aliphatic carbocycles. The maximum atomic E-state index is 12.9. The lowest BCUT2D eigenvalue weighted by molar-refractivity contribution is -0.126. The van der Waals surface area contributed by atoms with Crippen molar-refractivity contribution in [2.24, 2.45) is 0 Å². The van der Waals surface area contributed by atoms with Crippen molar-refractivity contribution in [3.8, 4) is 0 Å². The number of nitrogens with zero attached hydrogens (tertiary/aromatic N) is 1. The Hall–Kier alpha value is -2.56. The molecule has 3 rings (SSSR count). The fraction of sp³-hybridized carbons (Fsp3) is 0.429. The molecule has 0 saturated carbocycles. The van der Waals surface area contributed by atoms with E-state index in [1.807, 2.05) is 37.3 Å². The molecular formula is C21H26N2O3. The fourth-order valence-electron chi connectivity index (χ4n) is 3.54. The molecule has 1 aromatic heterocycles. The summed E-state index contributed by atoms with van der Waals surface area (Å²) in [5.41, 5.74) is 1.75. The quantitative estimate of drug-likeness (QED) is 0.896. The topological polar surface area (TPSA) is 62.6 Å². The van der Waals surface area contributed by atoms with Gasteiger partial charge in [-0.25, -0.2) is 0 Å². The number of likely N-dealkylation sites (tertiary alicyclic amines) is 1. The van der Waals surface area contributed by atoms with Crippen LogP contribution in [0.1, 0.15) is 46.7 Å². The average Bonchev–Trinajstić information content (AvgIpc) is 3.00. The smallest absolute Gasteiger partial charge is 0.258 e. The van der Waals surface area contributed by atoms with E-state index in [0.717, 1.165) is 19.3 Å². The van der Waals surface area contributed by atoms with Crippen molar-refractivity contribution in [3.05, 3.63) is 59.0 Å². The standard InChI is InChI=1S/C21H26N2O3/c1-15-14-18(16(2)26-15)21(25)23-13-7-6-10-19(23)20(24)22-12-11-17-8-4-3-5-9-17/h3-5,8-9,14,19H,6-7,10-13H2,1-2H3,(H,22,24)/t19-/m1/s1. The third-order valence-electron chi connectivity index (χ3n) is 4.89. The van der Waals surface area contributed by atoms with E-state index < -0.39 is 6.04 Å². The first-order valence-corrected chi connectivity index (χ1v) is 9.26. The number of carbonyl (C=O) groups excluding carboxylic acids is 2. The molecule has 1 fully saturated rings. The van der Waals surface area contributed by atoms with Gasteiger partial charge in [0.1, 0.15) is 17.6 Å². The monoisotopic (exact) mass is 354 g/mol. The zero-order chi connectivity index (χ0) is 18.5. The first-order chi connectivity index (χ1) is 12.6. The van der Waals surface area contributed by atoms with Gasteiger partial charge in [-0.15, -0.1) is 0 Å². The van der Waals surface area contributed by atoms with Crippen molar-refractivity contribution in [2.75, 3.05) is 13.1 Å². The van der Waals surface area contributed by atoms with Crippen LogP contribution in [0.3, 0.4) is 0 Å². The Bertz CT molecular complexity index is 767. The number of hydrogen-bond acceptors (Lipinski definition) is 3. The molecule has 0 bridgehead atoms. The van der Waals surface area contributed by atoms with Crippen LogP contribution in [0, 0.1) is 13.8 Å². The Morgan fingerprint density at radius 3 is 2.65 bits per heavy atom. The Morgan fingerprint density at radius 2 is 1.96 bits per heavy atom. The van der Waals surface area contributed by atoms with Gasteiger partial charge >= 0.3 is 0 Å². The molecule has 138 valence electrons. The van der Waals surface area contributed by atoms with E-state index in [9.17, 15) is 9.59 Å². The molecule has 26 heavy (non-hydrogen) atoms. The SMILES string of the molecule is Cc1cc(C(=O)N2CCCC[C@@H]2C(=O)NCCc2ccccc2)c(C)o1. The number of carbonyl (C=O) groups is 2. The molecule has 5 nitrogen and oxygen atoms in total. The zero-order valence-electron chi connectivity index (χ0n) is 15.5. The molecule has 1 aliphatic heterocycles. The van der Waals surface area contributed by atoms with Crippen molar-refractivity contribution in [1.82, 2.24) is 10.2 Å². The summed E-state index contributed by atoms with van der Waals surface area (Å²) in [5.74, 6) is 1.15. The maximum Gasteiger partial charge on any atom is 0.258 e. The first kappa shape index (κ1) is 18.2. The van der Waals surface area contributed by atoms with E-state index in [2.05, 4.69) is 5.32 Å². The second-order valence-corrected chi connectivity index (χ2v) is 6.86. The van der Waals surface area contributed by atoms with Gasteiger partial charge in [-0.1, -0.05) is 30.3 Å². The predicted octanol–water partition coefficient (Wildman–Crippen LogP) is 3.25. The van der Waals surface area contributed by atoms with Crippen LogP contribution in [0.2, 0.25) is 0 Å². The number of furan rings is 1. The molecular weight excluding hydrogens is 328 g/mol. The van der Waals surface area contributed by atoms with E-state index in [-0.39, 0.29) is 11.8 Å². The second-order valence-electron chi connectivity index (χ2n) is 6.86. The Balaban J connectivity index is 1.63. The summed E-state index contributed by atoms with van der Waals surface area (Å²) in [7, 11) is 0. The number of hydrogen-bond donors (Lipinski definition) is 1. The lowest BCUT2D eigenvalue weighted by Gasteiger charge is -2.34. The van der Waals surface area contributed by atoms with E-state index in [1.165, 1.54) is 5.56 Å². The van der Waals surface area contributed by atoms with Crippen molar-refractivity contribution in [3.63, 3.8) is 0 Å². The normalized spacial score (nSPS) is 17.2. The van der Waals surface area contributed by atoms with Crippen LogP contribution in [0.4, 0.5) is 0 Å². The minimum absolute atomic E-state index is 0.0631. The minimum Gasteiger partial charge on any atom is -0.466 e.